The summed E-state index contributed by atoms with van der Waals surface area (Å²) in [5.74, 6) is -0.968. The number of non-ortho nitro benzene ring substituents is 1. The average Bonchev–Trinajstić information content (AvgIpc) is 3.48. The monoisotopic (exact) mass is 548 g/mol. The summed E-state index contributed by atoms with van der Waals surface area (Å²) in [7, 11) is 0. The van der Waals surface area contributed by atoms with Gasteiger partial charge in [0.15, 0.2) is 0 Å². The second-order valence-electron chi connectivity index (χ2n) is 9.42. The number of carbonyl (C=O) groups is 2. The van der Waals surface area contributed by atoms with Gasteiger partial charge in [0, 0.05) is 35.4 Å². The highest BCUT2D eigenvalue weighted by Gasteiger charge is 2.20. The van der Waals surface area contributed by atoms with Gasteiger partial charge < -0.3 is 14.5 Å². The molecule has 5 rings (SSSR count). The first kappa shape index (κ1) is 26.9. The molecule has 0 saturated heterocycles. The summed E-state index contributed by atoms with van der Waals surface area (Å²) in [5.41, 5.74) is 5.53. The van der Waals surface area contributed by atoms with E-state index in [4.69, 9.17) is 4.52 Å². The topological polar surface area (TPSA) is 140 Å². The summed E-state index contributed by atoms with van der Waals surface area (Å²) in [6.07, 6.45) is 0. The molecule has 0 aliphatic carbocycles. The van der Waals surface area contributed by atoms with Crippen LogP contribution in [0.15, 0.2) is 102 Å². The number of carbonyl (C=O) groups excluding carboxylic acids is 1. The van der Waals surface area contributed by atoms with Gasteiger partial charge >= 0.3 is 5.97 Å². The Balaban J connectivity index is 1.28. The van der Waals surface area contributed by atoms with E-state index in [1.807, 2.05) is 31.2 Å². The van der Waals surface area contributed by atoms with Gasteiger partial charge in [-0.1, -0.05) is 71.4 Å². The molecule has 0 atom stereocenters. The predicted molar refractivity (Wildman–Crippen MR) is 151 cm³/mol. The minimum atomic E-state index is -1.18. The van der Waals surface area contributed by atoms with E-state index in [0.717, 1.165) is 21.6 Å². The first-order chi connectivity index (χ1) is 19.8. The van der Waals surface area contributed by atoms with Gasteiger partial charge in [0.25, 0.3) is 17.5 Å². The Kier molecular flexibility index (Phi) is 7.64. The first-order valence-electron chi connectivity index (χ1n) is 12.6. The SMILES string of the molecule is Cc1ccc(-c2ccc(-c3nc(-c4ccc(CN(CC(=O)O)C(=O)c5ccc([N+](=O)[O-])cc5)cc4)no3)cc2)cc1. The van der Waals surface area contributed by atoms with Crippen molar-refractivity contribution >= 4 is 17.6 Å². The second kappa shape index (κ2) is 11.6. The molecule has 10 nitrogen and oxygen atoms in total. The molecule has 4 aromatic carbocycles. The lowest BCUT2D eigenvalue weighted by Gasteiger charge is -2.21. The third-order valence-electron chi connectivity index (χ3n) is 6.47. The van der Waals surface area contributed by atoms with E-state index in [-0.39, 0.29) is 17.8 Å². The Bertz CT molecular complexity index is 1690. The lowest BCUT2D eigenvalue weighted by atomic mass is 10.0. The number of nitro benzene ring substituents is 1. The fraction of sp³-hybridized carbons (Fsp3) is 0.0968. The summed E-state index contributed by atoms with van der Waals surface area (Å²) in [4.78, 5) is 40.4. The van der Waals surface area contributed by atoms with Crippen molar-refractivity contribution in [3.63, 3.8) is 0 Å². The minimum absolute atomic E-state index is 0.0211. The maximum absolute atomic E-state index is 13.0. The number of rotatable bonds is 9. The summed E-state index contributed by atoms with van der Waals surface area (Å²) in [6.45, 7) is 1.54. The molecule has 1 heterocycles. The van der Waals surface area contributed by atoms with Gasteiger partial charge in [0.2, 0.25) is 5.82 Å². The van der Waals surface area contributed by atoms with Gasteiger partial charge in [0.1, 0.15) is 6.54 Å². The number of carboxylic acids is 1. The molecule has 0 fully saturated rings. The molecule has 1 aromatic heterocycles. The molecule has 0 aliphatic rings. The standard InChI is InChI=1S/C31H24N4O6/c1-20-2-6-22(7-3-20)23-10-12-25(13-11-23)30-32-29(33-41-30)24-8-4-21(5-9-24)18-34(19-28(36)37)31(38)26-14-16-27(17-15-26)35(39)40/h2-17H,18-19H2,1H3,(H,36,37). The summed E-state index contributed by atoms with van der Waals surface area (Å²) >= 11 is 0. The van der Waals surface area contributed by atoms with Crippen molar-refractivity contribution < 1.29 is 24.1 Å². The fourth-order valence-corrected chi connectivity index (χ4v) is 4.26. The van der Waals surface area contributed by atoms with Crippen molar-refractivity contribution in [2.45, 2.75) is 13.5 Å². The highest BCUT2D eigenvalue weighted by molar-refractivity contribution is 5.96. The molecular formula is C31H24N4O6. The van der Waals surface area contributed by atoms with Crippen LogP contribution in [-0.2, 0) is 11.3 Å². The molecular weight excluding hydrogens is 524 g/mol. The Morgan fingerprint density at radius 2 is 1.39 bits per heavy atom. The molecule has 0 unspecified atom stereocenters. The van der Waals surface area contributed by atoms with Crippen molar-refractivity contribution in [3.8, 4) is 34.0 Å². The van der Waals surface area contributed by atoms with Crippen molar-refractivity contribution in [1.29, 1.82) is 0 Å². The number of benzene rings is 4. The van der Waals surface area contributed by atoms with Crippen LogP contribution in [0.1, 0.15) is 21.5 Å². The van der Waals surface area contributed by atoms with Gasteiger partial charge in [0.05, 0.1) is 4.92 Å². The van der Waals surface area contributed by atoms with Crippen LogP contribution in [0.2, 0.25) is 0 Å². The third-order valence-corrected chi connectivity index (χ3v) is 6.47. The van der Waals surface area contributed by atoms with E-state index in [9.17, 15) is 24.8 Å². The van der Waals surface area contributed by atoms with E-state index < -0.39 is 23.3 Å². The fourth-order valence-electron chi connectivity index (χ4n) is 4.26. The smallest absolute Gasteiger partial charge is 0.323 e. The number of hydrogen-bond acceptors (Lipinski definition) is 7. The lowest BCUT2D eigenvalue weighted by Crippen LogP contribution is -2.35. The summed E-state index contributed by atoms with van der Waals surface area (Å²) in [6, 6.07) is 28.2. The van der Waals surface area contributed by atoms with Crippen LogP contribution in [-0.4, -0.2) is 43.5 Å². The average molecular weight is 549 g/mol. The van der Waals surface area contributed by atoms with Crippen molar-refractivity contribution in [1.82, 2.24) is 15.0 Å². The Morgan fingerprint density at radius 3 is 1.98 bits per heavy atom. The van der Waals surface area contributed by atoms with Gasteiger partial charge in [-0.15, -0.1) is 0 Å². The number of aryl methyl sites for hydroxylation is 1. The van der Waals surface area contributed by atoms with Crippen LogP contribution >= 0.6 is 0 Å². The van der Waals surface area contributed by atoms with Crippen LogP contribution in [0.5, 0.6) is 0 Å². The van der Waals surface area contributed by atoms with Crippen LogP contribution in [0.25, 0.3) is 34.0 Å². The van der Waals surface area contributed by atoms with Crippen LogP contribution in [0, 0.1) is 17.0 Å². The first-order valence-corrected chi connectivity index (χ1v) is 12.6. The molecule has 10 heteroatoms. The number of hydrogen-bond donors (Lipinski definition) is 1. The number of carboxylic acid groups (broad SMARTS) is 1. The van der Waals surface area contributed by atoms with Crippen LogP contribution in [0.4, 0.5) is 5.69 Å². The number of nitrogens with zero attached hydrogens (tertiary/aromatic N) is 4. The van der Waals surface area contributed by atoms with Gasteiger partial charge in [-0.3, -0.25) is 19.7 Å². The maximum atomic E-state index is 13.0. The normalized spacial score (nSPS) is 10.8. The Hall–Kier alpha value is -5.64. The van der Waals surface area contributed by atoms with Crippen LogP contribution in [0.3, 0.4) is 0 Å². The van der Waals surface area contributed by atoms with E-state index in [2.05, 4.69) is 34.4 Å². The Morgan fingerprint density at radius 1 is 0.829 bits per heavy atom. The molecule has 1 amide bonds. The van der Waals surface area contributed by atoms with Crippen molar-refractivity contribution in [2.75, 3.05) is 6.54 Å². The number of amides is 1. The van der Waals surface area contributed by atoms with Gasteiger partial charge in [-0.2, -0.15) is 4.98 Å². The summed E-state index contributed by atoms with van der Waals surface area (Å²) in [5, 5.41) is 24.3. The van der Waals surface area contributed by atoms with Gasteiger partial charge in [-0.25, -0.2) is 0 Å². The molecule has 1 N–H and O–H groups in total. The largest absolute Gasteiger partial charge is 0.480 e. The number of nitro groups is 1. The van der Waals surface area contributed by atoms with Crippen molar-refractivity contribution in [2.24, 2.45) is 0 Å². The molecule has 0 aliphatic heterocycles. The predicted octanol–water partition coefficient (Wildman–Crippen LogP) is 6.01. The molecule has 204 valence electrons. The zero-order chi connectivity index (χ0) is 28.9. The van der Waals surface area contributed by atoms with Crippen molar-refractivity contribution in [3.05, 3.63) is 124 Å². The summed E-state index contributed by atoms with van der Waals surface area (Å²) < 4.78 is 5.49. The molecule has 0 bridgehead atoms. The molecule has 0 spiro atoms. The quantitative estimate of drug-likeness (QED) is 0.174. The minimum Gasteiger partial charge on any atom is -0.480 e. The van der Waals surface area contributed by atoms with E-state index in [0.29, 0.717) is 22.8 Å². The zero-order valence-electron chi connectivity index (χ0n) is 21.9. The number of aromatic nitrogens is 2. The van der Waals surface area contributed by atoms with E-state index >= 15 is 0 Å². The zero-order valence-corrected chi connectivity index (χ0v) is 21.9. The Labute approximate surface area is 234 Å². The molecule has 0 radical (unpaired) electrons. The third kappa shape index (κ3) is 6.34. The van der Waals surface area contributed by atoms with E-state index in [1.165, 1.54) is 29.8 Å². The molecule has 0 saturated carbocycles. The lowest BCUT2D eigenvalue weighted by molar-refractivity contribution is -0.384. The van der Waals surface area contributed by atoms with Crippen LogP contribution < -0.4 is 0 Å². The molecule has 5 aromatic rings. The second-order valence-corrected chi connectivity index (χ2v) is 9.42. The van der Waals surface area contributed by atoms with Gasteiger partial charge in [-0.05, 0) is 47.9 Å². The highest BCUT2D eigenvalue weighted by atomic mass is 16.6. The number of aliphatic carboxylic acids is 1. The maximum Gasteiger partial charge on any atom is 0.323 e. The highest BCUT2D eigenvalue weighted by Crippen LogP contribution is 2.26. The van der Waals surface area contributed by atoms with E-state index in [1.54, 1.807) is 24.3 Å². The molecule has 41 heavy (non-hydrogen) atoms.